The quantitative estimate of drug-likeness (QED) is 0.139. The van der Waals surface area contributed by atoms with Gasteiger partial charge in [-0.05, 0) is 79.5 Å². The number of hydrogen-bond donors (Lipinski definition) is 1. The van der Waals surface area contributed by atoms with Gasteiger partial charge in [0.05, 0.1) is 6.54 Å². The summed E-state index contributed by atoms with van der Waals surface area (Å²) >= 11 is 0. The molecule has 0 aromatic heterocycles. The van der Waals surface area contributed by atoms with Crippen molar-refractivity contribution in [2.24, 2.45) is 22.6 Å². The number of ketones is 1. The highest BCUT2D eigenvalue weighted by atomic mass is 16.2. The van der Waals surface area contributed by atoms with Crippen molar-refractivity contribution in [3.05, 3.63) is 89.4 Å². The largest absolute Gasteiger partial charge is 0.368 e. The minimum atomic E-state index is -0.0903. The van der Waals surface area contributed by atoms with E-state index in [2.05, 4.69) is 74.4 Å². The number of carbonyl (C=O) groups is 2. The van der Waals surface area contributed by atoms with Crippen LogP contribution in [-0.4, -0.2) is 72.4 Å². The number of aliphatic imine (C=N–C) groups is 1. The van der Waals surface area contributed by atoms with Gasteiger partial charge in [-0.2, -0.15) is 0 Å². The summed E-state index contributed by atoms with van der Waals surface area (Å²) in [5, 5.41) is 0. The molecule has 1 amide bonds. The molecule has 0 bridgehead atoms. The first kappa shape index (κ1) is 37.5. The first-order valence-electron chi connectivity index (χ1n) is 16.6. The lowest BCUT2D eigenvalue weighted by Gasteiger charge is -2.37. The summed E-state index contributed by atoms with van der Waals surface area (Å²) in [4.78, 5) is 35.8. The van der Waals surface area contributed by atoms with Crippen molar-refractivity contribution in [1.82, 2.24) is 14.7 Å². The van der Waals surface area contributed by atoms with Crippen LogP contribution in [0.2, 0.25) is 0 Å². The Kier molecular flexibility index (Phi) is 16.3. The molecular weight excluding hydrogens is 558 g/mol. The van der Waals surface area contributed by atoms with Crippen LogP contribution in [0.5, 0.6) is 0 Å². The lowest BCUT2D eigenvalue weighted by Crippen LogP contribution is -2.44. The van der Waals surface area contributed by atoms with E-state index in [0.29, 0.717) is 12.5 Å². The molecule has 2 fully saturated rings. The zero-order valence-electron chi connectivity index (χ0n) is 28.9. The molecule has 246 valence electrons. The normalized spacial score (nSPS) is 16.9. The number of nitrogens with two attached hydrogens (primary N) is 1. The van der Waals surface area contributed by atoms with Crippen molar-refractivity contribution in [2.75, 3.05) is 39.8 Å². The molecule has 2 N–H and O–H groups in total. The van der Waals surface area contributed by atoms with Crippen LogP contribution in [0.4, 0.5) is 0 Å². The molecule has 1 atom stereocenters. The maximum atomic E-state index is 13.0. The minimum Gasteiger partial charge on any atom is -0.368 e. The molecule has 1 aromatic carbocycles. The van der Waals surface area contributed by atoms with Crippen molar-refractivity contribution < 1.29 is 9.59 Å². The van der Waals surface area contributed by atoms with E-state index in [0.717, 1.165) is 66.4 Å². The van der Waals surface area contributed by atoms with E-state index in [-0.39, 0.29) is 24.2 Å². The molecule has 1 aliphatic heterocycles. The van der Waals surface area contributed by atoms with Crippen molar-refractivity contribution in [3.8, 4) is 0 Å². The van der Waals surface area contributed by atoms with Gasteiger partial charge in [0.2, 0.25) is 5.91 Å². The molecule has 1 saturated heterocycles. The monoisotopic (exact) mass is 615 g/mol. The molecule has 0 spiro atoms. The molecule has 1 aromatic rings. The van der Waals surface area contributed by atoms with Crippen LogP contribution in [0.15, 0.2) is 83.3 Å². The topological polar surface area (TPSA) is 82.2 Å². The van der Waals surface area contributed by atoms with Crippen molar-refractivity contribution in [3.63, 3.8) is 0 Å². The number of Topliss-reactive ketones (excluding diaryl/α,β-unsaturated/α-hetero) is 1. The summed E-state index contributed by atoms with van der Waals surface area (Å²) < 4.78 is 0. The molecule has 3 rings (SSSR count). The second-order valence-corrected chi connectivity index (χ2v) is 12.0. The number of allylic oxidation sites excluding steroid dienone is 7. The molecule has 1 heterocycles. The minimum absolute atomic E-state index is 0.00249. The number of carbonyl (C=O) groups excluding carboxylic acids is 2. The summed E-state index contributed by atoms with van der Waals surface area (Å²) in [7, 11) is 1.76. The summed E-state index contributed by atoms with van der Waals surface area (Å²) in [5.74, 6) is 1.58. The van der Waals surface area contributed by atoms with E-state index >= 15 is 0 Å². The molecule has 7 heteroatoms. The van der Waals surface area contributed by atoms with E-state index in [1.807, 2.05) is 44.3 Å². The van der Waals surface area contributed by atoms with Crippen molar-refractivity contribution in [2.45, 2.75) is 73.8 Å². The second-order valence-electron chi connectivity index (χ2n) is 12.0. The van der Waals surface area contributed by atoms with Gasteiger partial charge < -0.3 is 20.4 Å². The van der Waals surface area contributed by atoms with Crippen molar-refractivity contribution in [1.29, 1.82) is 0 Å². The Hall–Kier alpha value is -3.71. The average Bonchev–Trinajstić information content (AvgIpc) is 3.90. The Morgan fingerprint density at radius 3 is 2.36 bits per heavy atom. The Labute approximate surface area is 272 Å². The number of likely N-dealkylation sites (N-methyl/N-ethyl adjacent to an activating group) is 1. The number of piperazine rings is 1. The number of rotatable bonds is 14. The summed E-state index contributed by atoms with van der Waals surface area (Å²) in [6.45, 7) is 20.4. The third-order valence-electron chi connectivity index (χ3n) is 8.09. The van der Waals surface area contributed by atoms with Crippen LogP contribution in [0, 0.1) is 11.8 Å². The summed E-state index contributed by atoms with van der Waals surface area (Å²) in [5.41, 5.74) is 10.5. The third-order valence-corrected chi connectivity index (χ3v) is 8.09. The SMILES string of the molecule is C=C(/N=C\C(=C/C)c1cccc(CN(C)C(=O)CN)c1)N1CCN(C(/C=C(\C)C(=O)C(C)C2CC2)=C/C=C/CC)CC1.CCC. The summed E-state index contributed by atoms with van der Waals surface area (Å²) in [6.07, 6.45) is 16.9. The number of benzene rings is 1. The molecule has 1 aliphatic carbocycles. The number of hydrogen-bond acceptors (Lipinski definition) is 6. The van der Waals surface area contributed by atoms with E-state index in [9.17, 15) is 9.59 Å². The van der Waals surface area contributed by atoms with Crippen LogP contribution >= 0.6 is 0 Å². The van der Waals surface area contributed by atoms with Gasteiger partial charge in [-0.1, -0.05) is 77.1 Å². The molecule has 45 heavy (non-hydrogen) atoms. The standard InChI is InChI=1S/C35H49N5O2.C3H8/c1-7-9-10-14-33(21-26(3)35(42)27(4)31-15-16-31)40-19-17-39(18-20-40)28(5)37-24-30(8-2)32-13-11-12-29(22-32)25-38(6)34(41)23-36;1-3-2/h8-14,21-22,24,27,31H,5,7,15-20,23,25,36H2,1-4,6H3;3H2,1-2H3/b10-9+,26-21+,30-8+,33-14+,37-24-;. The lowest BCUT2D eigenvalue weighted by atomic mass is 9.95. The lowest BCUT2D eigenvalue weighted by molar-refractivity contribution is -0.128. The highest BCUT2D eigenvalue weighted by Gasteiger charge is 2.33. The summed E-state index contributed by atoms with van der Waals surface area (Å²) in [6, 6.07) is 8.13. The first-order chi connectivity index (χ1) is 21.6. The van der Waals surface area contributed by atoms with Gasteiger partial charge in [-0.25, -0.2) is 4.99 Å². The molecule has 1 saturated carbocycles. The van der Waals surface area contributed by atoms with Crippen molar-refractivity contribution >= 4 is 23.5 Å². The zero-order chi connectivity index (χ0) is 33.4. The Morgan fingerprint density at radius 1 is 1.13 bits per heavy atom. The fraction of sp³-hybridized carbons (Fsp3) is 0.500. The van der Waals surface area contributed by atoms with Gasteiger partial charge in [0, 0.05) is 57.6 Å². The van der Waals surface area contributed by atoms with Gasteiger partial charge in [0.1, 0.15) is 5.82 Å². The van der Waals surface area contributed by atoms with E-state index < -0.39 is 0 Å². The van der Waals surface area contributed by atoms with Crippen LogP contribution in [-0.2, 0) is 16.1 Å². The van der Waals surface area contributed by atoms with Crippen LogP contribution in [0.1, 0.15) is 78.4 Å². The molecule has 0 radical (unpaired) electrons. The van der Waals surface area contributed by atoms with E-state index in [4.69, 9.17) is 10.7 Å². The van der Waals surface area contributed by atoms with Gasteiger partial charge in [0.15, 0.2) is 5.78 Å². The Balaban J connectivity index is 0.00000226. The predicted octanol–water partition coefficient (Wildman–Crippen LogP) is 6.99. The maximum Gasteiger partial charge on any atom is 0.236 e. The highest BCUT2D eigenvalue weighted by Crippen LogP contribution is 2.38. The van der Waals surface area contributed by atoms with Gasteiger partial charge in [-0.3, -0.25) is 9.59 Å². The fourth-order valence-corrected chi connectivity index (χ4v) is 5.14. The first-order valence-corrected chi connectivity index (χ1v) is 16.6. The average molecular weight is 616 g/mol. The molecular formula is C38H57N5O2. The van der Waals surface area contributed by atoms with Gasteiger partial charge in [0.25, 0.3) is 0 Å². The fourth-order valence-electron chi connectivity index (χ4n) is 5.14. The molecule has 1 unspecified atom stereocenters. The number of amides is 1. The number of nitrogens with zero attached hydrogens (tertiary/aromatic N) is 4. The Morgan fingerprint density at radius 2 is 1.78 bits per heavy atom. The molecule has 7 nitrogen and oxygen atoms in total. The van der Waals surface area contributed by atoms with Gasteiger partial charge in [-0.15, -0.1) is 0 Å². The highest BCUT2D eigenvalue weighted by molar-refractivity contribution is 6.10. The van der Waals surface area contributed by atoms with Crippen LogP contribution in [0.25, 0.3) is 5.57 Å². The zero-order valence-corrected chi connectivity index (χ0v) is 28.9. The third kappa shape index (κ3) is 12.3. The molecule has 2 aliphatic rings. The smallest absolute Gasteiger partial charge is 0.236 e. The van der Waals surface area contributed by atoms with E-state index in [1.165, 1.54) is 19.3 Å². The Bertz CT molecular complexity index is 1280. The maximum absolute atomic E-state index is 13.0. The van der Waals surface area contributed by atoms with Gasteiger partial charge >= 0.3 is 0 Å². The van der Waals surface area contributed by atoms with E-state index in [1.54, 1.807) is 11.9 Å². The van der Waals surface area contributed by atoms with Crippen LogP contribution < -0.4 is 5.73 Å². The second kappa shape index (κ2) is 19.6. The van der Waals surface area contributed by atoms with Crippen LogP contribution in [0.3, 0.4) is 0 Å². The predicted molar refractivity (Wildman–Crippen MR) is 191 cm³/mol.